The van der Waals surface area contributed by atoms with E-state index in [0.717, 1.165) is 102 Å². The Morgan fingerprint density at radius 1 is 0.273 bits per heavy atom. The molecule has 0 aliphatic carbocycles. The van der Waals surface area contributed by atoms with E-state index in [1.807, 2.05) is 0 Å². The molecule has 0 aromatic carbocycles. The van der Waals surface area contributed by atoms with Gasteiger partial charge in [-0.25, -0.2) is 9.13 Å². The zero-order valence-electron chi connectivity index (χ0n) is 64.6. The van der Waals surface area contributed by atoms with Gasteiger partial charge in [0.1, 0.15) is 19.3 Å². The van der Waals surface area contributed by atoms with E-state index in [1.165, 1.54) is 244 Å². The molecule has 0 aromatic heterocycles. The highest BCUT2D eigenvalue weighted by molar-refractivity contribution is 7.47. The first-order valence-corrected chi connectivity index (χ1v) is 44.6. The van der Waals surface area contributed by atoms with Gasteiger partial charge in [0.25, 0.3) is 0 Å². The lowest BCUT2D eigenvalue weighted by atomic mass is 10.0. The van der Waals surface area contributed by atoms with Crippen LogP contribution in [0.15, 0.2) is 0 Å². The predicted molar refractivity (Wildman–Crippen MR) is 405 cm³/mol. The summed E-state index contributed by atoms with van der Waals surface area (Å²) >= 11 is 0. The number of carbonyl (C=O) groups is 4. The molecule has 0 amide bonds. The lowest BCUT2D eigenvalue weighted by molar-refractivity contribution is -0.161. The topological polar surface area (TPSA) is 237 Å². The zero-order valence-corrected chi connectivity index (χ0v) is 66.4. The van der Waals surface area contributed by atoms with Crippen LogP contribution in [-0.2, 0) is 65.4 Å². The molecule has 2 unspecified atom stereocenters. The summed E-state index contributed by atoms with van der Waals surface area (Å²) in [5.41, 5.74) is 0. The smallest absolute Gasteiger partial charge is 0.462 e. The number of carbonyl (C=O) groups excluding carboxylic acids is 4. The largest absolute Gasteiger partial charge is 0.472 e. The average molecular weight is 1450 g/mol. The highest BCUT2D eigenvalue weighted by atomic mass is 31.2. The SMILES string of the molecule is CCCCCCCCCCCCCCCCCCCCCCCCC(=O)O[C@H](COC(=O)CCCCCCCCCCCCCCCCCCCCC)COP(=O)(O)OC[C@@H](O)COP(=O)(O)OC[C@@H](COC(=O)CCCCCCC)OC(=O)CCCCCCCCCCCCC(C)C. The third kappa shape index (κ3) is 74.1. The fourth-order valence-corrected chi connectivity index (χ4v) is 14.0. The number of aliphatic hydroxyl groups excluding tert-OH is 1. The van der Waals surface area contributed by atoms with Gasteiger partial charge in [0, 0.05) is 25.7 Å². The molecule has 0 aliphatic rings. The van der Waals surface area contributed by atoms with Crippen molar-refractivity contribution in [2.75, 3.05) is 39.6 Å². The molecule has 0 fully saturated rings. The van der Waals surface area contributed by atoms with Gasteiger partial charge >= 0.3 is 39.5 Å². The van der Waals surface area contributed by atoms with Crippen molar-refractivity contribution in [3.05, 3.63) is 0 Å². The third-order valence-electron chi connectivity index (χ3n) is 18.8. The number of aliphatic hydroxyl groups is 1. The maximum absolute atomic E-state index is 13.1. The number of rotatable bonds is 80. The van der Waals surface area contributed by atoms with Gasteiger partial charge in [-0.15, -0.1) is 0 Å². The summed E-state index contributed by atoms with van der Waals surface area (Å²) in [5.74, 6) is -1.37. The Bertz CT molecular complexity index is 1890. The van der Waals surface area contributed by atoms with E-state index in [-0.39, 0.29) is 25.7 Å². The molecular weight excluding hydrogens is 1290 g/mol. The molecule has 588 valence electrons. The van der Waals surface area contributed by atoms with Gasteiger partial charge in [-0.2, -0.15) is 0 Å². The summed E-state index contributed by atoms with van der Waals surface area (Å²) < 4.78 is 68.4. The van der Waals surface area contributed by atoms with Crippen molar-refractivity contribution in [3.8, 4) is 0 Å². The Labute approximate surface area is 607 Å². The molecule has 3 N–H and O–H groups in total. The molecule has 0 radical (unpaired) electrons. The number of esters is 4. The van der Waals surface area contributed by atoms with E-state index in [2.05, 4.69) is 34.6 Å². The third-order valence-corrected chi connectivity index (χ3v) is 20.7. The summed E-state index contributed by atoms with van der Waals surface area (Å²) in [6.07, 6.45) is 64.5. The van der Waals surface area contributed by atoms with Gasteiger partial charge in [0.2, 0.25) is 0 Å². The summed E-state index contributed by atoms with van der Waals surface area (Å²) in [7, 11) is -9.91. The second-order valence-electron chi connectivity index (χ2n) is 29.3. The first kappa shape index (κ1) is 97.1. The molecule has 0 saturated heterocycles. The van der Waals surface area contributed by atoms with Crippen LogP contribution >= 0.6 is 15.6 Å². The molecule has 99 heavy (non-hydrogen) atoms. The highest BCUT2D eigenvalue weighted by Crippen LogP contribution is 2.45. The second kappa shape index (κ2) is 73.0. The summed E-state index contributed by atoms with van der Waals surface area (Å²) in [6, 6.07) is 0. The van der Waals surface area contributed by atoms with Crippen molar-refractivity contribution >= 4 is 39.5 Å². The van der Waals surface area contributed by atoms with E-state index in [1.54, 1.807) is 0 Å². The first-order valence-electron chi connectivity index (χ1n) is 41.6. The van der Waals surface area contributed by atoms with E-state index < -0.39 is 97.5 Å². The number of unbranched alkanes of at least 4 members (excludes halogenated alkanes) is 52. The molecule has 5 atom stereocenters. The molecule has 0 aliphatic heterocycles. The highest BCUT2D eigenvalue weighted by Gasteiger charge is 2.30. The van der Waals surface area contributed by atoms with Crippen molar-refractivity contribution in [2.24, 2.45) is 5.92 Å². The van der Waals surface area contributed by atoms with Crippen molar-refractivity contribution in [1.82, 2.24) is 0 Å². The Balaban J connectivity index is 5.11. The lowest BCUT2D eigenvalue weighted by Gasteiger charge is -2.21. The van der Waals surface area contributed by atoms with E-state index >= 15 is 0 Å². The van der Waals surface area contributed by atoms with Crippen LogP contribution in [-0.4, -0.2) is 96.7 Å². The quantitative estimate of drug-likeness (QED) is 0.0222. The van der Waals surface area contributed by atoms with Crippen LogP contribution in [0.2, 0.25) is 0 Å². The van der Waals surface area contributed by atoms with Crippen LogP contribution in [0.4, 0.5) is 0 Å². The van der Waals surface area contributed by atoms with Gasteiger partial charge in [-0.1, -0.05) is 375 Å². The molecule has 17 nitrogen and oxygen atoms in total. The van der Waals surface area contributed by atoms with Gasteiger partial charge in [-0.3, -0.25) is 37.3 Å². The molecular formula is C80H156O17P2. The van der Waals surface area contributed by atoms with Gasteiger partial charge < -0.3 is 33.8 Å². The minimum absolute atomic E-state index is 0.105. The monoisotopic (exact) mass is 1450 g/mol. The summed E-state index contributed by atoms with van der Waals surface area (Å²) in [5, 5.41) is 10.6. The van der Waals surface area contributed by atoms with Gasteiger partial charge in [-0.05, 0) is 31.6 Å². The molecule has 0 spiro atoms. The average Bonchev–Trinajstić information content (AvgIpc) is 1.22. The number of hydrogen-bond acceptors (Lipinski definition) is 15. The molecule has 0 heterocycles. The van der Waals surface area contributed by atoms with Crippen LogP contribution in [0.3, 0.4) is 0 Å². The molecule has 0 bridgehead atoms. The minimum Gasteiger partial charge on any atom is -0.462 e. The van der Waals surface area contributed by atoms with Crippen molar-refractivity contribution in [2.45, 2.75) is 445 Å². The maximum Gasteiger partial charge on any atom is 0.472 e. The van der Waals surface area contributed by atoms with Gasteiger partial charge in [0.05, 0.1) is 26.4 Å². The number of phosphoric ester groups is 2. The predicted octanol–water partition coefficient (Wildman–Crippen LogP) is 24.0. The molecule has 19 heteroatoms. The van der Waals surface area contributed by atoms with Gasteiger partial charge in [0.15, 0.2) is 12.2 Å². The summed E-state index contributed by atoms with van der Waals surface area (Å²) in [4.78, 5) is 72.6. The van der Waals surface area contributed by atoms with Crippen molar-refractivity contribution in [1.29, 1.82) is 0 Å². The normalized spacial score (nSPS) is 13.9. The molecule has 0 rings (SSSR count). The second-order valence-corrected chi connectivity index (χ2v) is 32.2. The number of hydrogen-bond donors (Lipinski definition) is 3. The van der Waals surface area contributed by atoms with Crippen LogP contribution < -0.4 is 0 Å². The van der Waals surface area contributed by atoms with E-state index in [9.17, 15) is 43.2 Å². The lowest BCUT2D eigenvalue weighted by Crippen LogP contribution is -2.30. The van der Waals surface area contributed by atoms with Crippen LogP contribution in [0, 0.1) is 5.92 Å². The Morgan fingerprint density at radius 2 is 0.465 bits per heavy atom. The van der Waals surface area contributed by atoms with E-state index in [4.69, 9.17) is 37.0 Å². The number of phosphoric acid groups is 2. The van der Waals surface area contributed by atoms with Crippen LogP contribution in [0.25, 0.3) is 0 Å². The minimum atomic E-state index is -4.96. The Kier molecular flexibility index (Phi) is 71.6. The van der Waals surface area contributed by atoms with E-state index in [0.29, 0.717) is 25.7 Å². The maximum atomic E-state index is 13.1. The Hall–Kier alpha value is -1.94. The van der Waals surface area contributed by atoms with Crippen LogP contribution in [0.5, 0.6) is 0 Å². The van der Waals surface area contributed by atoms with Crippen molar-refractivity contribution in [3.63, 3.8) is 0 Å². The fourth-order valence-electron chi connectivity index (χ4n) is 12.4. The molecule has 0 saturated carbocycles. The summed E-state index contributed by atoms with van der Waals surface area (Å²) in [6.45, 7) is 7.21. The fraction of sp³-hybridized carbons (Fsp3) is 0.950. The molecule has 0 aromatic rings. The van der Waals surface area contributed by atoms with Crippen molar-refractivity contribution < 1.29 is 80.2 Å². The Morgan fingerprint density at radius 3 is 0.687 bits per heavy atom. The number of ether oxygens (including phenoxy) is 4. The van der Waals surface area contributed by atoms with Crippen LogP contribution in [0.1, 0.15) is 426 Å². The standard InChI is InChI=1S/C80H156O17P2/c1-6-9-12-15-17-19-21-23-25-27-29-30-31-33-35-37-39-41-46-50-55-60-65-80(85)97-76(70-91-78(83)64-59-54-49-45-40-38-36-34-32-28-26-24-22-20-18-16-13-10-7-2)72-95-99(88,89)93-68-74(81)67-92-98(86,87)94-71-75(69-90-77(82)63-58-52-14-11-8-3)96-79(84)66-61-56-51-47-43-42-44-48-53-57-62-73(4)5/h73-76,81H,6-72H2,1-5H3,(H,86,87)(H,88,89)/t74-,75+,76+/m0/s1. The zero-order chi connectivity index (χ0) is 72.7. The first-order chi connectivity index (χ1) is 48.0.